The average Bonchev–Trinajstić information content (AvgIpc) is 1.89. The lowest BCUT2D eigenvalue weighted by molar-refractivity contribution is -0.117. The summed E-state index contributed by atoms with van der Waals surface area (Å²) < 4.78 is 4.77. The lowest BCUT2D eigenvalue weighted by Crippen LogP contribution is -2.20. The van der Waals surface area contributed by atoms with Crippen LogP contribution in [0.2, 0.25) is 0 Å². The van der Waals surface area contributed by atoms with Crippen molar-refractivity contribution in [1.29, 1.82) is 0 Å². The lowest BCUT2D eigenvalue weighted by Gasteiger charge is -2.08. The van der Waals surface area contributed by atoms with Crippen LogP contribution in [0.1, 0.15) is 0 Å². The molecule has 0 aliphatic rings. The quantitative estimate of drug-likeness (QED) is 0.302. The molecule has 0 bridgehead atoms. The summed E-state index contributed by atoms with van der Waals surface area (Å²) in [6.45, 7) is 4.47. The third-order valence-corrected chi connectivity index (χ3v) is 0.860. The maximum Gasteiger partial charge on any atom is 0.209 e. The Morgan fingerprint density at radius 1 is 1.78 bits per heavy atom. The number of carbonyl (C=O) groups excluding carboxylic acids is 1. The van der Waals surface area contributed by atoms with Gasteiger partial charge in [-0.05, 0) is 0 Å². The molecule has 0 aromatic heterocycles. The molecule has 1 amide bonds. The first-order chi connectivity index (χ1) is 4.31. The van der Waals surface area contributed by atoms with Crippen LogP contribution >= 0.6 is 0 Å². The molecule has 0 aliphatic heterocycles. The Bertz CT molecular complexity index is 93.1. The molecule has 52 valence electrons. The molecule has 0 aromatic rings. The Labute approximate surface area is 54.9 Å². The number of rotatable bonds is 5. The molecule has 0 fully saturated rings. The first kappa shape index (κ1) is 8.01. The highest BCUT2D eigenvalue weighted by atomic mass is 16.5. The van der Waals surface area contributed by atoms with Crippen LogP contribution in [-0.4, -0.2) is 31.5 Å². The van der Waals surface area contributed by atoms with E-state index in [4.69, 9.17) is 4.74 Å². The molecule has 0 N–H and O–H groups in total. The number of hydrogen-bond acceptors (Lipinski definition) is 2. The van der Waals surface area contributed by atoms with Crippen LogP contribution in [0.25, 0.3) is 0 Å². The van der Waals surface area contributed by atoms with Gasteiger partial charge in [-0.3, -0.25) is 4.79 Å². The predicted octanol–water partition coefficient (Wildman–Crippen LogP) is 0.235. The van der Waals surface area contributed by atoms with Crippen LogP contribution in [0.3, 0.4) is 0 Å². The largest absolute Gasteiger partial charge is 0.500 e. The summed E-state index contributed by atoms with van der Waals surface area (Å²) in [7, 11) is 1.69. The number of nitrogens with zero attached hydrogens (tertiary/aromatic N) is 1. The highest BCUT2D eigenvalue weighted by Crippen LogP contribution is 1.77. The van der Waals surface area contributed by atoms with E-state index in [9.17, 15) is 4.79 Å². The van der Waals surface area contributed by atoms with Crippen molar-refractivity contribution in [2.45, 2.75) is 0 Å². The van der Waals surface area contributed by atoms with E-state index in [0.29, 0.717) is 13.2 Å². The fourth-order valence-corrected chi connectivity index (χ4v) is 0.333. The second-order valence-electron chi connectivity index (χ2n) is 1.62. The molecular weight excluding hydrogens is 118 g/mol. The molecule has 0 spiro atoms. The van der Waals surface area contributed by atoms with Gasteiger partial charge >= 0.3 is 0 Å². The lowest BCUT2D eigenvalue weighted by atomic mass is 10.6. The summed E-state index contributed by atoms with van der Waals surface area (Å²) in [6.07, 6.45) is 2.12. The normalized spacial score (nSPS) is 8.11. The monoisotopic (exact) mass is 129 g/mol. The first-order valence-electron chi connectivity index (χ1n) is 2.69. The fourth-order valence-electron chi connectivity index (χ4n) is 0.333. The number of carbonyl (C=O) groups is 1. The van der Waals surface area contributed by atoms with E-state index in [-0.39, 0.29) is 0 Å². The Kier molecular flexibility index (Phi) is 4.59. The molecule has 0 rings (SSSR count). The zero-order valence-electron chi connectivity index (χ0n) is 5.54. The van der Waals surface area contributed by atoms with Gasteiger partial charge in [-0.25, -0.2) is 0 Å². The summed E-state index contributed by atoms with van der Waals surface area (Å²) in [6, 6.07) is 0. The smallest absolute Gasteiger partial charge is 0.209 e. The van der Waals surface area contributed by atoms with Crippen molar-refractivity contribution in [3.05, 3.63) is 12.8 Å². The van der Waals surface area contributed by atoms with Crippen LogP contribution in [0.4, 0.5) is 0 Å². The van der Waals surface area contributed by atoms with E-state index >= 15 is 0 Å². The van der Waals surface area contributed by atoms with Gasteiger partial charge in [-0.2, -0.15) is 0 Å². The zero-order valence-corrected chi connectivity index (χ0v) is 5.54. The summed E-state index contributed by atoms with van der Waals surface area (Å²) in [4.78, 5) is 11.4. The minimum Gasteiger partial charge on any atom is -0.500 e. The van der Waals surface area contributed by atoms with E-state index < -0.39 is 0 Å². The van der Waals surface area contributed by atoms with Crippen molar-refractivity contribution in [3.8, 4) is 0 Å². The SMILES string of the molecule is C=COCCN(C)C=O. The molecule has 0 saturated carbocycles. The maximum absolute atomic E-state index is 9.94. The van der Waals surface area contributed by atoms with Gasteiger partial charge in [0.1, 0.15) is 6.61 Å². The van der Waals surface area contributed by atoms with Crippen molar-refractivity contribution in [2.75, 3.05) is 20.2 Å². The van der Waals surface area contributed by atoms with Crippen LogP contribution in [0, 0.1) is 0 Å². The van der Waals surface area contributed by atoms with Crippen molar-refractivity contribution in [3.63, 3.8) is 0 Å². The maximum atomic E-state index is 9.94. The van der Waals surface area contributed by atoms with E-state index in [1.165, 1.54) is 11.2 Å². The van der Waals surface area contributed by atoms with Gasteiger partial charge in [0.25, 0.3) is 0 Å². The van der Waals surface area contributed by atoms with Gasteiger partial charge in [0.05, 0.1) is 12.8 Å². The van der Waals surface area contributed by atoms with Crippen LogP contribution < -0.4 is 0 Å². The molecule has 0 aromatic carbocycles. The minimum atomic E-state index is 0.513. The van der Waals surface area contributed by atoms with E-state index in [2.05, 4.69) is 6.58 Å². The fraction of sp³-hybridized carbons (Fsp3) is 0.500. The number of hydrogen-bond donors (Lipinski definition) is 0. The summed E-state index contributed by atoms with van der Waals surface area (Å²) in [5.41, 5.74) is 0. The van der Waals surface area contributed by atoms with Crippen LogP contribution in [0.15, 0.2) is 12.8 Å². The second kappa shape index (κ2) is 5.15. The van der Waals surface area contributed by atoms with Gasteiger partial charge < -0.3 is 9.64 Å². The van der Waals surface area contributed by atoms with Gasteiger partial charge in [0.2, 0.25) is 6.41 Å². The molecule has 0 unspecified atom stereocenters. The van der Waals surface area contributed by atoms with Gasteiger partial charge in [-0.15, -0.1) is 0 Å². The Hall–Kier alpha value is -0.990. The number of amides is 1. The molecule has 9 heavy (non-hydrogen) atoms. The van der Waals surface area contributed by atoms with Crippen molar-refractivity contribution in [1.82, 2.24) is 4.90 Å². The molecule has 0 saturated heterocycles. The van der Waals surface area contributed by atoms with Gasteiger partial charge in [0, 0.05) is 7.05 Å². The van der Waals surface area contributed by atoms with E-state index in [0.717, 1.165) is 6.41 Å². The summed E-state index contributed by atoms with van der Waals surface area (Å²) in [5.74, 6) is 0. The van der Waals surface area contributed by atoms with Crippen molar-refractivity contribution >= 4 is 6.41 Å². The zero-order chi connectivity index (χ0) is 7.11. The summed E-state index contributed by atoms with van der Waals surface area (Å²) in [5, 5.41) is 0. The van der Waals surface area contributed by atoms with Crippen molar-refractivity contribution < 1.29 is 9.53 Å². The van der Waals surface area contributed by atoms with Crippen LogP contribution in [-0.2, 0) is 9.53 Å². The standard InChI is InChI=1S/C6H11NO2/c1-3-9-5-4-7(2)6-8/h3,6H,1,4-5H2,2H3. The highest BCUT2D eigenvalue weighted by Gasteiger charge is 1.89. The molecule has 0 aliphatic carbocycles. The Balaban J connectivity index is 3.05. The first-order valence-corrected chi connectivity index (χ1v) is 2.69. The minimum absolute atomic E-state index is 0.513. The number of ether oxygens (including phenoxy) is 1. The van der Waals surface area contributed by atoms with Gasteiger partial charge in [0.15, 0.2) is 0 Å². The average molecular weight is 129 g/mol. The predicted molar refractivity (Wildman–Crippen MR) is 34.8 cm³/mol. The van der Waals surface area contributed by atoms with Gasteiger partial charge in [-0.1, -0.05) is 6.58 Å². The van der Waals surface area contributed by atoms with Crippen molar-refractivity contribution in [2.24, 2.45) is 0 Å². The summed E-state index contributed by atoms with van der Waals surface area (Å²) >= 11 is 0. The third-order valence-electron chi connectivity index (χ3n) is 0.860. The molecule has 0 heterocycles. The topological polar surface area (TPSA) is 29.5 Å². The van der Waals surface area contributed by atoms with Crippen LogP contribution in [0.5, 0.6) is 0 Å². The highest BCUT2D eigenvalue weighted by molar-refractivity contribution is 5.46. The molecule has 3 nitrogen and oxygen atoms in total. The number of likely N-dealkylation sites (N-methyl/N-ethyl adjacent to an activating group) is 1. The Morgan fingerprint density at radius 2 is 2.44 bits per heavy atom. The second-order valence-corrected chi connectivity index (χ2v) is 1.62. The molecule has 3 heteroatoms. The van der Waals surface area contributed by atoms with E-state index in [1.807, 2.05) is 0 Å². The molecule has 0 atom stereocenters. The Morgan fingerprint density at radius 3 is 2.89 bits per heavy atom. The molecule has 0 radical (unpaired) electrons. The molecular formula is C6H11NO2. The third kappa shape index (κ3) is 4.87. The van der Waals surface area contributed by atoms with E-state index in [1.54, 1.807) is 7.05 Å².